The Bertz CT molecular complexity index is 1050. The minimum Gasteiger partial charge on any atom is -0.481 e. The van der Waals surface area contributed by atoms with E-state index in [1.54, 1.807) is 35.8 Å². The lowest BCUT2D eigenvalue weighted by molar-refractivity contribution is -0.139. The third-order valence-corrected chi connectivity index (χ3v) is 4.75. The summed E-state index contributed by atoms with van der Waals surface area (Å²) < 4.78 is 21.1. The average molecular weight is 398 g/mol. The van der Waals surface area contributed by atoms with Crippen molar-refractivity contribution in [2.45, 2.75) is 25.4 Å². The van der Waals surface area contributed by atoms with Gasteiger partial charge in [-0.2, -0.15) is 0 Å². The predicted octanol–water partition coefficient (Wildman–Crippen LogP) is 3.44. The Kier molecular flexibility index (Phi) is 5.98. The molecule has 7 heteroatoms. The molecule has 1 aromatic heterocycles. The summed E-state index contributed by atoms with van der Waals surface area (Å²) in [5.41, 5.74) is 0.472. The molecule has 152 valence electrons. The van der Waals surface area contributed by atoms with Gasteiger partial charge in [0.1, 0.15) is 11.5 Å². The molecular weight excluding hydrogens is 375 g/mol. The molecular formula is C22H23FN2O4. The zero-order valence-electron chi connectivity index (χ0n) is 16.3. The second-order valence-corrected chi connectivity index (χ2v) is 7.28. The van der Waals surface area contributed by atoms with Gasteiger partial charge in [0.25, 0.3) is 5.91 Å². The van der Waals surface area contributed by atoms with Crippen LogP contribution in [-0.4, -0.2) is 40.8 Å². The lowest BCUT2D eigenvalue weighted by Gasteiger charge is -2.28. The van der Waals surface area contributed by atoms with Crippen molar-refractivity contribution >= 4 is 22.8 Å². The first kappa shape index (κ1) is 20.5. The maximum atomic E-state index is 14.2. The first-order chi connectivity index (χ1) is 13.8. The Balaban J connectivity index is 2.01. The van der Waals surface area contributed by atoms with Crippen LogP contribution >= 0.6 is 0 Å². The van der Waals surface area contributed by atoms with Crippen LogP contribution < -0.4 is 5.32 Å². The molecule has 0 aliphatic heterocycles. The predicted molar refractivity (Wildman–Crippen MR) is 107 cm³/mol. The number of carboxylic acid groups (broad SMARTS) is 1. The number of benzene rings is 2. The first-order valence-corrected chi connectivity index (χ1v) is 9.18. The van der Waals surface area contributed by atoms with E-state index >= 15 is 0 Å². The average Bonchev–Trinajstić information content (AvgIpc) is 3.02. The molecule has 1 amide bonds. The normalized spacial score (nSPS) is 13.2. The number of nitrogens with zero attached hydrogens (tertiary/aromatic N) is 1. The summed E-state index contributed by atoms with van der Waals surface area (Å²) in [6.45, 7) is 1.83. The van der Waals surface area contributed by atoms with Crippen LogP contribution in [0.15, 0.2) is 54.6 Å². The number of nitrogens with one attached hydrogen (secondary N) is 1. The van der Waals surface area contributed by atoms with E-state index in [0.29, 0.717) is 11.3 Å². The number of para-hydroxylation sites is 1. The van der Waals surface area contributed by atoms with Gasteiger partial charge in [-0.25, -0.2) is 4.39 Å². The second kappa shape index (κ2) is 8.45. The Hall–Kier alpha value is -3.19. The highest BCUT2D eigenvalue weighted by Gasteiger charge is 2.31. The minimum absolute atomic E-state index is 0.0403. The number of carbonyl (C=O) groups excluding carboxylic acids is 1. The third-order valence-electron chi connectivity index (χ3n) is 4.75. The van der Waals surface area contributed by atoms with Crippen LogP contribution in [0.2, 0.25) is 0 Å². The number of methoxy groups -OCH3 is 1. The molecule has 3 rings (SSSR count). The van der Waals surface area contributed by atoms with Gasteiger partial charge in [-0.1, -0.05) is 36.4 Å². The lowest BCUT2D eigenvalue weighted by Crippen LogP contribution is -2.51. The molecule has 0 radical (unpaired) electrons. The highest BCUT2D eigenvalue weighted by Crippen LogP contribution is 2.23. The van der Waals surface area contributed by atoms with E-state index in [1.807, 2.05) is 24.3 Å². The van der Waals surface area contributed by atoms with Gasteiger partial charge in [0.05, 0.1) is 25.1 Å². The van der Waals surface area contributed by atoms with Crippen molar-refractivity contribution < 1.29 is 23.8 Å². The molecule has 0 spiro atoms. The Labute approximate surface area is 167 Å². The number of aromatic nitrogens is 1. The van der Waals surface area contributed by atoms with Crippen LogP contribution in [0.4, 0.5) is 4.39 Å². The molecule has 29 heavy (non-hydrogen) atoms. The molecule has 6 nitrogen and oxygen atoms in total. The fourth-order valence-corrected chi connectivity index (χ4v) is 3.49. The standard InChI is InChI=1S/C22H23FN2O4/c1-22(14-29-2,12-20(26)27)24-21(28)19-11-15-7-4-6-10-18(15)25(19)13-16-8-3-5-9-17(16)23/h3-11H,12-14H2,1-2H3,(H,24,28)(H,26,27). The van der Waals surface area contributed by atoms with Crippen LogP contribution in [0.3, 0.4) is 0 Å². The molecule has 0 aliphatic carbocycles. The van der Waals surface area contributed by atoms with Crippen molar-refractivity contribution in [1.29, 1.82) is 0 Å². The van der Waals surface area contributed by atoms with Gasteiger partial charge in [-0.05, 0) is 25.1 Å². The number of rotatable bonds is 8. The summed E-state index contributed by atoms with van der Waals surface area (Å²) in [6.07, 6.45) is -0.292. The van der Waals surface area contributed by atoms with E-state index in [2.05, 4.69) is 5.32 Å². The molecule has 1 heterocycles. The summed E-state index contributed by atoms with van der Waals surface area (Å²) in [5, 5.41) is 12.8. The Morgan fingerprint density at radius 2 is 1.86 bits per heavy atom. The highest BCUT2D eigenvalue weighted by atomic mass is 19.1. The molecule has 1 atom stereocenters. The number of hydrogen-bond acceptors (Lipinski definition) is 3. The van der Waals surface area contributed by atoms with Crippen LogP contribution in [0.25, 0.3) is 10.9 Å². The van der Waals surface area contributed by atoms with E-state index in [0.717, 1.165) is 10.9 Å². The van der Waals surface area contributed by atoms with E-state index in [9.17, 15) is 19.1 Å². The zero-order chi connectivity index (χ0) is 21.0. The fraction of sp³-hybridized carbons (Fsp3) is 0.273. The van der Waals surface area contributed by atoms with Crippen molar-refractivity contribution in [1.82, 2.24) is 9.88 Å². The lowest BCUT2D eigenvalue weighted by atomic mass is 9.98. The molecule has 0 bridgehead atoms. The topological polar surface area (TPSA) is 80.6 Å². The first-order valence-electron chi connectivity index (χ1n) is 9.18. The van der Waals surface area contributed by atoms with Crippen LogP contribution in [0.1, 0.15) is 29.4 Å². The Morgan fingerprint density at radius 1 is 1.17 bits per heavy atom. The van der Waals surface area contributed by atoms with Crippen molar-refractivity contribution in [3.8, 4) is 0 Å². The van der Waals surface area contributed by atoms with Crippen molar-refractivity contribution in [3.63, 3.8) is 0 Å². The van der Waals surface area contributed by atoms with Gasteiger partial charge in [-0.15, -0.1) is 0 Å². The summed E-state index contributed by atoms with van der Waals surface area (Å²) >= 11 is 0. The SMILES string of the molecule is COCC(C)(CC(=O)O)NC(=O)c1cc2ccccc2n1Cc1ccccc1F. The zero-order valence-corrected chi connectivity index (χ0v) is 16.3. The van der Waals surface area contributed by atoms with Crippen LogP contribution in [0.5, 0.6) is 0 Å². The number of halogens is 1. The van der Waals surface area contributed by atoms with Gasteiger partial charge < -0.3 is 19.7 Å². The summed E-state index contributed by atoms with van der Waals surface area (Å²) in [7, 11) is 1.45. The number of carbonyl (C=O) groups is 2. The van der Waals surface area contributed by atoms with Crippen molar-refractivity contribution in [2.75, 3.05) is 13.7 Å². The highest BCUT2D eigenvalue weighted by molar-refractivity contribution is 5.99. The molecule has 2 N–H and O–H groups in total. The van der Waals surface area contributed by atoms with E-state index < -0.39 is 17.4 Å². The summed E-state index contributed by atoms with van der Waals surface area (Å²) in [6, 6.07) is 15.6. The van der Waals surface area contributed by atoms with Crippen LogP contribution in [0, 0.1) is 5.82 Å². The molecule has 0 saturated heterocycles. The molecule has 0 saturated carbocycles. The Morgan fingerprint density at radius 3 is 2.55 bits per heavy atom. The number of aliphatic carboxylic acids is 1. The number of amides is 1. The van der Waals surface area contributed by atoms with E-state index in [-0.39, 0.29) is 25.4 Å². The van der Waals surface area contributed by atoms with E-state index in [1.165, 1.54) is 13.2 Å². The summed E-state index contributed by atoms with van der Waals surface area (Å²) in [5.74, 6) is -1.85. The van der Waals surface area contributed by atoms with Crippen molar-refractivity contribution in [3.05, 3.63) is 71.7 Å². The number of ether oxygens (including phenoxy) is 1. The van der Waals surface area contributed by atoms with Gasteiger partial charge in [0.2, 0.25) is 0 Å². The summed E-state index contributed by atoms with van der Waals surface area (Å²) in [4.78, 5) is 24.3. The molecule has 3 aromatic rings. The molecule has 2 aromatic carbocycles. The number of carboxylic acids is 1. The maximum absolute atomic E-state index is 14.2. The molecule has 0 fully saturated rings. The van der Waals surface area contributed by atoms with Crippen LogP contribution in [-0.2, 0) is 16.1 Å². The van der Waals surface area contributed by atoms with Gasteiger partial charge in [0, 0.05) is 23.6 Å². The third kappa shape index (κ3) is 4.63. The maximum Gasteiger partial charge on any atom is 0.305 e. The van der Waals surface area contributed by atoms with Gasteiger partial charge in [-0.3, -0.25) is 9.59 Å². The van der Waals surface area contributed by atoms with Crippen molar-refractivity contribution in [2.24, 2.45) is 0 Å². The molecule has 0 aliphatic rings. The van der Waals surface area contributed by atoms with E-state index in [4.69, 9.17) is 4.74 Å². The van der Waals surface area contributed by atoms with Gasteiger partial charge >= 0.3 is 5.97 Å². The second-order valence-electron chi connectivity index (χ2n) is 7.28. The fourth-order valence-electron chi connectivity index (χ4n) is 3.49. The monoisotopic (exact) mass is 398 g/mol. The largest absolute Gasteiger partial charge is 0.481 e. The smallest absolute Gasteiger partial charge is 0.305 e. The van der Waals surface area contributed by atoms with Gasteiger partial charge in [0.15, 0.2) is 0 Å². The minimum atomic E-state index is -1.09. The number of fused-ring (bicyclic) bond motifs is 1. The molecule has 1 unspecified atom stereocenters. The number of hydrogen-bond donors (Lipinski definition) is 2. The quantitative estimate of drug-likeness (QED) is 0.609.